The Morgan fingerprint density at radius 3 is 2.38 bits per heavy atom. The summed E-state index contributed by atoms with van der Waals surface area (Å²) >= 11 is 1.59. The Morgan fingerprint density at radius 1 is 1.25 bits per heavy atom. The quantitative estimate of drug-likeness (QED) is 0.758. The summed E-state index contributed by atoms with van der Waals surface area (Å²) in [5.41, 5.74) is 0.849. The smallest absolute Gasteiger partial charge is 0.246 e. The number of nitrogens with zero attached hydrogens (tertiary/aromatic N) is 1. The molecule has 0 saturated heterocycles. The number of aromatic nitrogens is 1. The minimum absolute atomic E-state index is 0.0357. The molecule has 0 fully saturated rings. The predicted molar refractivity (Wildman–Crippen MR) is 92.6 cm³/mol. The van der Waals surface area contributed by atoms with Crippen LogP contribution in [0, 0.1) is 13.8 Å². The maximum absolute atomic E-state index is 12.4. The number of aryl methyl sites for hydroxylation is 2. The van der Waals surface area contributed by atoms with Gasteiger partial charge in [-0.1, -0.05) is 5.16 Å². The van der Waals surface area contributed by atoms with Crippen LogP contribution < -0.4 is 10.0 Å². The van der Waals surface area contributed by atoms with E-state index in [4.69, 9.17) is 4.52 Å². The number of rotatable bonds is 6. The largest absolute Gasteiger partial charge is 0.360 e. The highest BCUT2D eigenvalue weighted by Gasteiger charge is 2.28. The molecule has 130 valence electrons. The zero-order valence-corrected chi connectivity index (χ0v) is 15.4. The van der Waals surface area contributed by atoms with Gasteiger partial charge >= 0.3 is 0 Å². The molecule has 1 aromatic carbocycles. The highest BCUT2D eigenvalue weighted by Crippen LogP contribution is 2.20. The van der Waals surface area contributed by atoms with Gasteiger partial charge in [-0.15, -0.1) is 11.8 Å². The number of anilines is 1. The Labute approximate surface area is 145 Å². The molecular weight excluding hydrogens is 350 g/mol. The van der Waals surface area contributed by atoms with Gasteiger partial charge in [0.1, 0.15) is 10.6 Å². The van der Waals surface area contributed by atoms with Crippen molar-refractivity contribution < 1.29 is 17.7 Å². The number of hydrogen-bond donors (Lipinski definition) is 2. The molecule has 0 unspecified atom stereocenters. The van der Waals surface area contributed by atoms with E-state index in [1.54, 1.807) is 23.9 Å². The summed E-state index contributed by atoms with van der Waals surface area (Å²) in [5.74, 6) is -0.275. The molecule has 2 aromatic rings. The number of hydrogen-bond acceptors (Lipinski definition) is 6. The molecule has 0 aliphatic heterocycles. The third kappa shape index (κ3) is 4.16. The van der Waals surface area contributed by atoms with Gasteiger partial charge in [0, 0.05) is 10.6 Å². The summed E-state index contributed by atoms with van der Waals surface area (Å²) in [4.78, 5) is 13.2. The first-order valence-electron chi connectivity index (χ1n) is 7.14. The van der Waals surface area contributed by atoms with Crippen molar-refractivity contribution in [2.45, 2.75) is 36.6 Å². The van der Waals surface area contributed by atoms with Crippen molar-refractivity contribution >= 4 is 33.4 Å². The van der Waals surface area contributed by atoms with Crippen LogP contribution in [0.5, 0.6) is 0 Å². The van der Waals surface area contributed by atoms with Crippen LogP contribution in [0.4, 0.5) is 5.69 Å². The van der Waals surface area contributed by atoms with E-state index < -0.39 is 22.0 Å². The van der Waals surface area contributed by atoms with E-state index in [1.807, 2.05) is 18.4 Å². The maximum atomic E-state index is 12.4. The third-order valence-corrected chi connectivity index (χ3v) is 5.85. The zero-order chi connectivity index (χ0) is 17.9. The van der Waals surface area contributed by atoms with Gasteiger partial charge < -0.3 is 9.84 Å². The molecule has 1 atom stereocenters. The van der Waals surface area contributed by atoms with Crippen LogP contribution in [0.25, 0.3) is 0 Å². The van der Waals surface area contributed by atoms with Gasteiger partial charge in [0.05, 0.1) is 6.04 Å². The number of amides is 1. The molecule has 9 heteroatoms. The molecule has 1 heterocycles. The van der Waals surface area contributed by atoms with Crippen molar-refractivity contribution in [2.75, 3.05) is 11.6 Å². The number of benzene rings is 1. The molecule has 0 bridgehead atoms. The predicted octanol–water partition coefficient (Wildman–Crippen LogP) is 2.32. The van der Waals surface area contributed by atoms with Crippen molar-refractivity contribution in [1.82, 2.24) is 9.88 Å². The highest BCUT2D eigenvalue weighted by molar-refractivity contribution is 7.98. The fourth-order valence-electron chi connectivity index (χ4n) is 2.13. The van der Waals surface area contributed by atoms with E-state index >= 15 is 0 Å². The van der Waals surface area contributed by atoms with Gasteiger partial charge in [0.25, 0.3) is 0 Å². The number of thioether (sulfide) groups is 1. The van der Waals surface area contributed by atoms with Crippen LogP contribution in [0.1, 0.15) is 18.4 Å². The van der Waals surface area contributed by atoms with Crippen LogP contribution in [0.3, 0.4) is 0 Å². The SMILES string of the molecule is CSc1ccc(NC(=O)[C@H](C)NS(=O)(=O)c2c(C)noc2C)cc1. The van der Waals surface area contributed by atoms with Gasteiger partial charge in [0.2, 0.25) is 15.9 Å². The molecule has 0 spiro atoms. The van der Waals surface area contributed by atoms with Crippen molar-refractivity contribution in [1.29, 1.82) is 0 Å². The molecule has 0 aliphatic rings. The lowest BCUT2D eigenvalue weighted by Gasteiger charge is -2.14. The molecule has 7 nitrogen and oxygen atoms in total. The number of carbonyl (C=O) groups excluding carboxylic acids is 1. The van der Waals surface area contributed by atoms with E-state index in [1.165, 1.54) is 20.8 Å². The lowest BCUT2D eigenvalue weighted by atomic mass is 10.3. The maximum Gasteiger partial charge on any atom is 0.246 e. The minimum atomic E-state index is -3.90. The van der Waals surface area contributed by atoms with E-state index in [-0.39, 0.29) is 16.3 Å². The molecule has 1 amide bonds. The van der Waals surface area contributed by atoms with Crippen LogP contribution >= 0.6 is 11.8 Å². The fraction of sp³-hybridized carbons (Fsp3) is 0.333. The summed E-state index contributed by atoms with van der Waals surface area (Å²) < 4.78 is 32.0. The van der Waals surface area contributed by atoms with E-state index in [0.717, 1.165) is 4.90 Å². The first-order chi connectivity index (χ1) is 11.2. The zero-order valence-electron chi connectivity index (χ0n) is 13.8. The second-order valence-electron chi connectivity index (χ2n) is 5.21. The molecule has 2 rings (SSSR count). The van der Waals surface area contributed by atoms with E-state index in [0.29, 0.717) is 5.69 Å². The third-order valence-electron chi connectivity index (χ3n) is 3.32. The summed E-state index contributed by atoms with van der Waals surface area (Å²) in [6, 6.07) is 6.32. The second kappa shape index (κ2) is 7.37. The first kappa shape index (κ1) is 18.5. The molecular formula is C15H19N3O4S2. The Kier molecular flexibility index (Phi) is 5.68. The molecule has 24 heavy (non-hydrogen) atoms. The van der Waals surface area contributed by atoms with E-state index in [2.05, 4.69) is 15.2 Å². The normalized spacial score (nSPS) is 12.8. The van der Waals surface area contributed by atoms with Gasteiger partial charge in [-0.3, -0.25) is 4.79 Å². The van der Waals surface area contributed by atoms with Crippen LogP contribution in [-0.2, 0) is 14.8 Å². The Hall–Kier alpha value is -1.84. The van der Waals surface area contributed by atoms with Gasteiger partial charge in [0.15, 0.2) is 5.76 Å². The molecule has 0 radical (unpaired) electrons. The topological polar surface area (TPSA) is 101 Å². The molecule has 0 aliphatic carbocycles. The molecule has 0 saturated carbocycles. The van der Waals surface area contributed by atoms with Crippen molar-refractivity contribution in [3.05, 3.63) is 35.7 Å². The Bertz CT molecular complexity index is 809. The second-order valence-corrected chi connectivity index (χ2v) is 7.74. The highest BCUT2D eigenvalue weighted by atomic mass is 32.2. The Balaban J connectivity index is 2.08. The number of nitrogens with one attached hydrogen (secondary N) is 2. The Morgan fingerprint density at radius 2 is 1.88 bits per heavy atom. The monoisotopic (exact) mass is 369 g/mol. The summed E-state index contributed by atoms with van der Waals surface area (Å²) in [6.45, 7) is 4.51. The number of sulfonamides is 1. The summed E-state index contributed by atoms with van der Waals surface area (Å²) in [5, 5.41) is 6.30. The summed E-state index contributed by atoms with van der Waals surface area (Å²) in [6.07, 6.45) is 1.96. The van der Waals surface area contributed by atoms with Crippen LogP contribution in [-0.4, -0.2) is 31.8 Å². The lowest BCUT2D eigenvalue weighted by Crippen LogP contribution is -2.41. The molecule has 1 aromatic heterocycles. The fourth-order valence-corrected chi connectivity index (χ4v) is 4.07. The van der Waals surface area contributed by atoms with E-state index in [9.17, 15) is 13.2 Å². The van der Waals surface area contributed by atoms with Crippen LogP contribution in [0.15, 0.2) is 38.6 Å². The van der Waals surface area contributed by atoms with Crippen molar-refractivity contribution in [2.24, 2.45) is 0 Å². The summed E-state index contributed by atoms with van der Waals surface area (Å²) in [7, 11) is -3.90. The van der Waals surface area contributed by atoms with Crippen molar-refractivity contribution in [3.63, 3.8) is 0 Å². The van der Waals surface area contributed by atoms with Crippen LogP contribution in [0.2, 0.25) is 0 Å². The standard InChI is InChI=1S/C15H19N3O4S2/c1-9-14(11(3)22-17-9)24(20,21)18-10(2)15(19)16-12-5-7-13(23-4)8-6-12/h5-8,10,18H,1-4H3,(H,16,19)/t10-/m0/s1. The van der Waals surface area contributed by atoms with Gasteiger partial charge in [-0.25, -0.2) is 8.42 Å². The average molecular weight is 369 g/mol. The first-order valence-corrected chi connectivity index (χ1v) is 9.85. The lowest BCUT2D eigenvalue weighted by molar-refractivity contribution is -0.117. The van der Waals surface area contributed by atoms with Crippen molar-refractivity contribution in [3.8, 4) is 0 Å². The minimum Gasteiger partial charge on any atom is -0.360 e. The number of carbonyl (C=O) groups is 1. The average Bonchev–Trinajstić information content (AvgIpc) is 2.87. The van der Waals surface area contributed by atoms with Gasteiger partial charge in [-0.05, 0) is 51.3 Å². The van der Waals surface area contributed by atoms with Gasteiger partial charge in [-0.2, -0.15) is 4.72 Å². The molecule has 2 N–H and O–H groups in total.